The van der Waals surface area contributed by atoms with Gasteiger partial charge in [-0.05, 0) is 18.5 Å². The van der Waals surface area contributed by atoms with Crippen molar-refractivity contribution < 1.29 is 19.4 Å². The Labute approximate surface area is 111 Å². The second kappa shape index (κ2) is 5.84. The van der Waals surface area contributed by atoms with Gasteiger partial charge in [-0.15, -0.1) is 0 Å². The topological polar surface area (TPSA) is 75.6 Å². The molecule has 0 spiro atoms. The Morgan fingerprint density at radius 1 is 1.32 bits per heavy atom. The minimum Gasteiger partial charge on any atom is -0.481 e. The van der Waals surface area contributed by atoms with Gasteiger partial charge in [-0.2, -0.15) is 0 Å². The van der Waals surface area contributed by atoms with E-state index >= 15 is 0 Å². The molecule has 1 aliphatic rings. The lowest BCUT2D eigenvalue weighted by atomic mass is 9.84. The quantitative estimate of drug-likeness (QED) is 0.780. The third-order valence-electron chi connectivity index (χ3n) is 3.42. The summed E-state index contributed by atoms with van der Waals surface area (Å²) in [6, 6.07) is 9.33. The number of benzene rings is 1. The van der Waals surface area contributed by atoms with E-state index in [2.05, 4.69) is 5.32 Å². The molecule has 0 aliphatic carbocycles. The molecule has 0 amide bonds. The van der Waals surface area contributed by atoms with Gasteiger partial charge in [0.2, 0.25) is 0 Å². The largest absolute Gasteiger partial charge is 0.481 e. The Morgan fingerprint density at radius 3 is 2.63 bits per heavy atom. The van der Waals surface area contributed by atoms with Crippen LogP contribution in [0.2, 0.25) is 0 Å². The summed E-state index contributed by atoms with van der Waals surface area (Å²) in [5, 5.41) is 12.2. The summed E-state index contributed by atoms with van der Waals surface area (Å²) in [4.78, 5) is 23.1. The number of carboxylic acid groups (broad SMARTS) is 1. The van der Waals surface area contributed by atoms with Crippen molar-refractivity contribution in [3.8, 4) is 0 Å². The summed E-state index contributed by atoms with van der Waals surface area (Å²) in [5.74, 6) is -1.40. The summed E-state index contributed by atoms with van der Waals surface area (Å²) >= 11 is 0. The lowest BCUT2D eigenvalue weighted by Gasteiger charge is -2.21. The average molecular weight is 263 g/mol. The maximum absolute atomic E-state index is 11.8. The number of hydrogen-bond acceptors (Lipinski definition) is 4. The van der Waals surface area contributed by atoms with E-state index in [4.69, 9.17) is 4.74 Å². The van der Waals surface area contributed by atoms with Gasteiger partial charge >= 0.3 is 11.9 Å². The predicted octanol–water partition coefficient (Wildman–Crippen LogP) is 1.18. The molecule has 0 unspecified atom stereocenters. The van der Waals surface area contributed by atoms with Crippen LogP contribution >= 0.6 is 0 Å². The summed E-state index contributed by atoms with van der Waals surface area (Å²) in [6.45, 7) is 1.13. The van der Waals surface area contributed by atoms with E-state index in [0.29, 0.717) is 19.5 Å². The van der Waals surface area contributed by atoms with Crippen molar-refractivity contribution in [1.29, 1.82) is 0 Å². The molecule has 0 radical (unpaired) electrons. The van der Waals surface area contributed by atoms with E-state index in [1.165, 1.54) is 0 Å². The molecule has 0 bridgehead atoms. The Morgan fingerprint density at radius 2 is 2.05 bits per heavy atom. The number of carbonyl (C=O) groups excluding carboxylic acids is 1. The second-order valence-corrected chi connectivity index (χ2v) is 4.84. The van der Waals surface area contributed by atoms with Crippen LogP contribution in [0.1, 0.15) is 18.4 Å². The molecule has 1 aliphatic heterocycles. The normalized spacial score (nSPS) is 22.1. The van der Waals surface area contributed by atoms with Gasteiger partial charge in [0.15, 0.2) is 0 Å². The maximum atomic E-state index is 11.8. The molecule has 1 aromatic carbocycles. The molecule has 0 saturated carbocycles. The van der Waals surface area contributed by atoms with Gasteiger partial charge in [0, 0.05) is 6.54 Å². The molecular weight excluding hydrogens is 246 g/mol. The molecule has 1 fully saturated rings. The zero-order chi connectivity index (χ0) is 13.7. The van der Waals surface area contributed by atoms with Crippen molar-refractivity contribution >= 4 is 11.9 Å². The highest BCUT2D eigenvalue weighted by Crippen LogP contribution is 2.30. The highest BCUT2D eigenvalue weighted by molar-refractivity contribution is 5.82. The van der Waals surface area contributed by atoms with E-state index in [0.717, 1.165) is 5.56 Å². The number of esters is 1. The Bertz CT molecular complexity index is 452. The van der Waals surface area contributed by atoms with Crippen LogP contribution in [0.15, 0.2) is 30.3 Å². The molecule has 2 rings (SSSR count). The molecule has 19 heavy (non-hydrogen) atoms. The first kappa shape index (κ1) is 13.5. The van der Waals surface area contributed by atoms with Crippen LogP contribution in [0, 0.1) is 5.41 Å². The van der Waals surface area contributed by atoms with Crippen LogP contribution in [0.5, 0.6) is 0 Å². The van der Waals surface area contributed by atoms with E-state index in [1.807, 2.05) is 30.3 Å². The molecular formula is C14H17NO4. The van der Waals surface area contributed by atoms with Crippen molar-refractivity contribution in [2.45, 2.75) is 19.4 Å². The molecule has 1 atom stereocenters. The Balaban J connectivity index is 1.88. The number of carbonyl (C=O) groups is 2. The van der Waals surface area contributed by atoms with Crippen LogP contribution < -0.4 is 5.32 Å². The van der Waals surface area contributed by atoms with Crippen molar-refractivity contribution in [2.24, 2.45) is 5.41 Å². The fourth-order valence-electron chi connectivity index (χ4n) is 2.22. The van der Waals surface area contributed by atoms with Gasteiger partial charge in [-0.25, -0.2) is 0 Å². The van der Waals surface area contributed by atoms with Gasteiger partial charge in [-0.1, -0.05) is 30.3 Å². The van der Waals surface area contributed by atoms with Gasteiger partial charge in [0.25, 0.3) is 0 Å². The summed E-state index contributed by atoms with van der Waals surface area (Å²) < 4.78 is 5.14. The first-order valence-electron chi connectivity index (χ1n) is 6.26. The van der Waals surface area contributed by atoms with Crippen molar-refractivity contribution in [3.63, 3.8) is 0 Å². The summed E-state index contributed by atoms with van der Waals surface area (Å²) in [7, 11) is 0. The number of rotatable bonds is 5. The Kier molecular flexibility index (Phi) is 4.16. The minimum atomic E-state index is -1.01. The Hall–Kier alpha value is -1.88. The highest BCUT2D eigenvalue weighted by atomic mass is 16.5. The SMILES string of the molecule is O=C(C[C@]1(C(=O)O)CCNC1)OCc1ccccc1. The van der Waals surface area contributed by atoms with Crippen LogP contribution in [0.3, 0.4) is 0 Å². The lowest BCUT2D eigenvalue weighted by molar-refractivity contribution is -0.157. The van der Waals surface area contributed by atoms with Crippen molar-refractivity contribution in [2.75, 3.05) is 13.1 Å². The van der Waals surface area contributed by atoms with Gasteiger partial charge in [0.1, 0.15) is 6.61 Å². The van der Waals surface area contributed by atoms with E-state index < -0.39 is 17.4 Å². The highest BCUT2D eigenvalue weighted by Gasteiger charge is 2.43. The van der Waals surface area contributed by atoms with Crippen LogP contribution in [0.25, 0.3) is 0 Å². The smallest absolute Gasteiger partial charge is 0.311 e. The zero-order valence-corrected chi connectivity index (χ0v) is 10.6. The second-order valence-electron chi connectivity index (χ2n) is 4.84. The monoisotopic (exact) mass is 263 g/mol. The van der Waals surface area contributed by atoms with Crippen molar-refractivity contribution in [1.82, 2.24) is 5.32 Å². The third kappa shape index (κ3) is 3.32. The first-order chi connectivity index (χ1) is 9.12. The van der Waals surface area contributed by atoms with Crippen molar-refractivity contribution in [3.05, 3.63) is 35.9 Å². The fraction of sp³-hybridized carbons (Fsp3) is 0.429. The standard InChI is InChI=1S/C14H17NO4/c16-12(19-9-11-4-2-1-3-5-11)8-14(13(17)18)6-7-15-10-14/h1-5,15H,6-10H2,(H,17,18)/t14-/m1/s1. The van der Waals surface area contributed by atoms with Crippen LogP contribution in [-0.4, -0.2) is 30.1 Å². The molecule has 2 N–H and O–H groups in total. The van der Waals surface area contributed by atoms with E-state index in [9.17, 15) is 14.7 Å². The van der Waals surface area contributed by atoms with Gasteiger partial charge < -0.3 is 15.2 Å². The minimum absolute atomic E-state index is 0.0812. The van der Waals surface area contributed by atoms with Gasteiger partial charge in [-0.3, -0.25) is 9.59 Å². The number of aliphatic carboxylic acids is 1. The van der Waals surface area contributed by atoms with Crippen LogP contribution in [0.4, 0.5) is 0 Å². The molecule has 0 aromatic heterocycles. The molecule has 102 valence electrons. The number of carboxylic acids is 1. The number of hydrogen-bond donors (Lipinski definition) is 2. The van der Waals surface area contributed by atoms with Gasteiger partial charge in [0.05, 0.1) is 11.8 Å². The first-order valence-corrected chi connectivity index (χ1v) is 6.26. The molecule has 1 heterocycles. The third-order valence-corrected chi connectivity index (χ3v) is 3.42. The average Bonchev–Trinajstić information content (AvgIpc) is 2.87. The molecule has 1 saturated heterocycles. The summed E-state index contributed by atoms with van der Waals surface area (Å²) in [5.41, 5.74) is -0.113. The predicted molar refractivity (Wildman–Crippen MR) is 68.4 cm³/mol. The lowest BCUT2D eigenvalue weighted by Crippen LogP contribution is -2.36. The fourth-order valence-corrected chi connectivity index (χ4v) is 2.22. The van der Waals surface area contributed by atoms with Crippen LogP contribution in [-0.2, 0) is 20.9 Å². The number of nitrogens with one attached hydrogen (secondary N) is 1. The zero-order valence-electron chi connectivity index (χ0n) is 10.6. The number of ether oxygens (including phenoxy) is 1. The maximum Gasteiger partial charge on any atom is 0.311 e. The van der Waals surface area contributed by atoms with E-state index in [1.54, 1.807) is 0 Å². The molecule has 5 heteroatoms. The molecule has 1 aromatic rings. The molecule has 5 nitrogen and oxygen atoms in total. The van der Waals surface area contributed by atoms with E-state index in [-0.39, 0.29) is 13.0 Å². The summed E-state index contributed by atoms with van der Waals surface area (Å²) in [6.07, 6.45) is 0.380.